The normalized spacial score (nSPS) is 11.8. The highest BCUT2D eigenvalue weighted by molar-refractivity contribution is 8.00. The monoisotopic (exact) mass is 294 g/mol. The molecule has 0 saturated carbocycles. The van der Waals surface area contributed by atoms with Crippen molar-refractivity contribution in [3.05, 3.63) is 24.0 Å². The summed E-state index contributed by atoms with van der Waals surface area (Å²) < 4.78 is 4.61. The number of benzene rings is 1. The molecule has 2 N–H and O–H groups in total. The van der Waals surface area contributed by atoms with Gasteiger partial charge in [0.15, 0.2) is 0 Å². The molecule has 0 bridgehead atoms. The number of fused-ring (bicyclic) bond motifs is 1. The SMILES string of the molecule is CCOc1ccc2nc(CSC(C)(C)C(=O)O)[nH]c2c1. The molecule has 0 fully saturated rings. The number of carboxylic acid groups (broad SMARTS) is 1. The third-order valence-electron chi connectivity index (χ3n) is 2.90. The van der Waals surface area contributed by atoms with Crippen LogP contribution in [0.25, 0.3) is 11.0 Å². The van der Waals surface area contributed by atoms with Crippen molar-refractivity contribution in [2.75, 3.05) is 6.61 Å². The number of nitrogens with one attached hydrogen (secondary N) is 1. The first-order valence-electron chi connectivity index (χ1n) is 6.41. The number of imidazole rings is 1. The van der Waals surface area contributed by atoms with Gasteiger partial charge in [-0.2, -0.15) is 0 Å². The Bertz CT molecular complexity index is 622. The van der Waals surface area contributed by atoms with Gasteiger partial charge in [0, 0.05) is 6.07 Å². The van der Waals surface area contributed by atoms with Crippen molar-refractivity contribution in [1.82, 2.24) is 9.97 Å². The van der Waals surface area contributed by atoms with E-state index in [-0.39, 0.29) is 0 Å². The fourth-order valence-corrected chi connectivity index (χ4v) is 2.43. The molecule has 0 radical (unpaired) electrons. The third kappa shape index (κ3) is 3.25. The first-order chi connectivity index (χ1) is 9.42. The summed E-state index contributed by atoms with van der Waals surface area (Å²) in [5.41, 5.74) is 1.76. The predicted molar refractivity (Wildman–Crippen MR) is 80.3 cm³/mol. The van der Waals surface area contributed by atoms with Crippen LogP contribution in [0.3, 0.4) is 0 Å². The molecule has 0 amide bonds. The molecule has 1 aromatic carbocycles. The van der Waals surface area contributed by atoms with E-state index >= 15 is 0 Å². The molecule has 0 saturated heterocycles. The number of aromatic amines is 1. The van der Waals surface area contributed by atoms with Crippen molar-refractivity contribution < 1.29 is 14.6 Å². The maximum Gasteiger partial charge on any atom is 0.319 e. The summed E-state index contributed by atoms with van der Waals surface area (Å²) in [4.78, 5) is 18.7. The molecule has 0 aliphatic rings. The Morgan fingerprint density at radius 2 is 2.25 bits per heavy atom. The average Bonchev–Trinajstić information content (AvgIpc) is 2.79. The molecule has 20 heavy (non-hydrogen) atoms. The second kappa shape index (κ2) is 5.75. The number of hydrogen-bond acceptors (Lipinski definition) is 4. The Morgan fingerprint density at radius 3 is 2.90 bits per heavy atom. The zero-order chi connectivity index (χ0) is 14.8. The lowest BCUT2D eigenvalue weighted by Crippen LogP contribution is -2.27. The molecule has 6 heteroatoms. The average molecular weight is 294 g/mol. The van der Waals surface area contributed by atoms with Crippen LogP contribution in [0.1, 0.15) is 26.6 Å². The van der Waals surface area contributed by atoms with Crippen molar-refractivity contribution in [3.63, 3.8) is 0 Å². The lowest BCUT2D eigenvalue weighted by molar-refractivity contribution is -0.138. The largest absolute Gasteiger partial charge is 0.494 e. The molecule has 2 rings (SSSR count). The van der Waals surface area contributed by atoms with Crippen molar-refractivity contribution in [3.8, 4) is 5.75 Å². The Morgan fingerprint density at radius 1 is 1.50 bits per heavy atom. The third-order valence-corrected chi connectivity index (χ3v) is 4.21. The van der Waals surface area contributed by atoms with Gasteiger partial charge in [0.2, 0.25) is 0 Å². The maximum absolute atomic E-state index is 11.1. The van der Waals surface area contributed by atoms with Gasteiger partial charge in [0.05, 0.1) is 23.4 Å². The van der Waals surface area contributed by atoms with Crippen LogP contribution in [0.2, 0.25) is 0 Å². The molecule has 0 unspecified atom stereocenters. The van der Waals surface area contributed by atoms with E-state index < -0.39 is 10.7 Å². The highest BCUT2D eigenvalue weighted by atomic mass is 32.2. The number of thioether (sulfide) groups is 1. The molecule has 2 aromatic rings. The van der Waals surface area contributed by atoms with Crippen LogP contribution in [0.5, 0.6) is 5.75 Å². The molecule has 0 aliphatic heterocycles. The van der Waals surface area contributed by atoms with Gasteiger partial charge in [-0.1, -0.05) is 0 Å². The van der Waals surface area contributed by atoms with E-state index in [1.165, 1.54) is 11.8 Å². The van der Waals surface area contributed by atoms with Gasteiger partial charge in [-0.05, 0) is 32.9 Å². The lowest BCUT2D eigenvalue weighted by atomic mass is 10.2. The molecule has 1 heterocycles. The predicted octanol–water partition coefficient (Wildman–Crippen LogP) is 3.06. The molecular weight excluding hydrogens is 276 g/mol. The molecule has 1 aromatic heterocycles. The van der Waals surface area contributed by atoms with Crippen molar-refractivity contribution >= 4 is 28.8 Å². The number of aliphatic carboxylic acids is 1. The Balaban J connectivity index is 2.14. The number of carboxylic acids is 1. The number of nitrogens with zero attached hydrogens (tertiary/aromatic N) is 1. The fourth-order valence-electron chi connectivity index (χ4n) is 1.68. The van der Waals surface area contributed by atoms with Crippen LogP contribution in [0.4, 0.5) is 0 Å². The number of aromatic nitrogens is 2. The lowest BCUT2D eigenvalue weighted by Gasteiger charge is -2.17. The summed E-state index contributed by atoms with van der Waals surface area (Å²) in [6, 6.07) is 5.68. The smallest absolute Gasteiger partial charge is 0.319 e. The Kier molecular flexibility index (Phi) is 4.23. The van der Waals surface area contributed by atoms with E-state index in [2.05, 4.69) is 9.97 Å². The van der Waals surface area contributed by atoms with Crippen LogP contribution in [0, 0.1) is 0 Å². The van der Waals surface area contributed by atoms with Gasteiger partial charge in [-0.25, -0.2) is 4.98 Å². The van der Waals surface area contributed by atoms with E-state index in [9.17, 15) is 4.79 Å². The first-order valence-corrected chi connectivity index (χ1v) is 7.39. The van der Waals surface area contributed by atoms with Crippen LogP contribution in [-0.2, 0) is 10.5 Å². The number of ether oxygens (including phenoxy) is 1. The first kappa shape index (κ1) is 14.7. The summed E-state index contributed by atoms with van der Waals surface area (Å²) >= 11 is 1.35. The number of hydrogen-bond donors (Lipinski definition) is 2. The zero-order valence-electron chi connectivity index (χ0n) is 11.8. The minimum atomic E-state index is -0.824. The standard InChI is InChI=1S/C14H18N2O3S/c1-4-19-9-5-6-10-11(7-9)16-12(15-10)8-20-14(2,3)13(17)18/h5-7H,4,8H2,1-3H3,(H,15,16)(H,17,18). The van der Waals surface area contributed by atoms with Gasteiger partial charge in [0.25, 0.3) is 0 Å². The van der Waals surface area contributed by atoms with Crippen molar-refractivity contribution in [2.45, 2.75) is 31.3 Å². The topological polar surface area (TPSA) is 75.2 Å². The second-order valence-corrected chi connectivity index (χ2v) is 6.50. The minimum absolute atomic E-state index is 0.526. The molecule has 0 spiro atoms. The van der Waals surface area contributed by atoms with E-state index in [0.29, 0.717) is 12.4 Å². The number of H-pyrrole nitrogens is 1. The summed E-state index contributed by atoms with van der Waals surface area (Å²) in [6.07, 6.45) is 0. The van der Waals surface area contributed by atoms with Crippen LogP contribution >= 0.6 is 11.8 Å². The number of rotatable bonds is 6. The Labute approximate surface area is 121 Å². The molecule has 0 aliphatic carbocycles. The fraction of sp³-hybridized carbons (Fsp3) is 0.429. The van der Waals surface area contributed by atoms with E-state index in [4.69, 9.17) is 9.84 Å². The van der Waals surface area contributed by atoms with Gasteiger partial charge in [-0.15, -0.1) is 11.8 Å². The zero-order valence-corrected chi connectivity index (χ0v) is 12.6. The summed E-state index contributed by atoms with van der Waals surface area (Å²) in [5.74, 6) is 1.27. The minimum Gasteiger partial charge on any atom is -0.494 e. The molecular formula is C14H18N2O3S. The molecule has 5 nitrogen and oxygen atoms in total. The van der Waals surface area contributed by atoms with Crippen LogP contribution in [0.15, 0.2) is 18.2 Å². The van der Waals surface area contributed by atoms with Crippen molar-refractivity contribution in [2.24, 2.45) is 0 Å². The van der Waals surface area contributed by atoms with Gasteiger partial charge in [-0.3, -0.25) is 4.79 Å². The van der Waals surface area contributed by atoms with Crippen LogP contribution < -0.4 is 4.74 Å². The molecule has 0 atom stereocenters. The van der Waals surface area contributed by atoms with E-state index in [1.54, 1.807) is 13.8 Å². The summed E-state index contributed by atoms with van der Waals surface area (Å²) in [6.45, 7) is 5.94. The van der Waals surface area contributed by atoms with Crippen molar-refractivity contribution in [1.29, 1.82) is 0 Å². The summed E-state index contributed by atoms with van der Waals surface area (Å²) in [7, 11) is 0. The van der Waals surface area contributed by atoms with Gasteiger partial charge in [0.1, 0.15) is 16.3 Å². The maximum atomic E-state index is 11.1. The highest BCUT2D eigenvalue weighted by Gasteiger charge is 2.27. The summed E-state index contributed by atoms with van der Waals surface area (Å²) in [5, 5.41) is 9.09. The van der Waals surface area contributed by atoms with Crippen LogP contribution in [-0.4, -0.2) is 32.4 Å². The van der Waals surface area contributed by atoms with Gasteiger partial charge < -0.3 is 14.8 Å². The van der Waals surface area contributed by atoms with Gasteiger partial charge >= 0.3 is 5.97 Å². The number of carbonyl (C=O) groups is 1. The van der Waals surface area contributed by atoms with E-state index in [1.807, 2.05) is 25.1 Å². The quantitative estimate of drug-likeness (QED) is 0.856. The highest BCUT2D eigenvalue weighted by Crippen LogP contribution is 2.28. The van der Waals surface area contributed by atoms with E-state index in [0.717, 1.165) is 22.6 Å². The Hall–Kier alpha value is -1.69. The molecule has 108 valence electrons. The second-order valence-electron chi connectivity index (χ2n) is 4.90.